The van der Waals surface area contributed by atoms with Gasteiger partial charge in [0.05, 0.1) is 22.3 Å². The van der Waals surface area contributed by atoms with Gasteiger partial charge in [-0.25, -0.2) is 0 Å². The number of hydrogen-bond acceptors (Lipinski definition) is 3. The summed E-state index contributed by atoms with van der Waals surface area (Å²) in [4.78, 5) is 12.2. The highest BCUT2D eigenvalue weighted by Crippen LogP contribution is 2.33. The Morgan fingerprint density at radius 2 is 1.78 bits per heavy atom. The van der Waals surface area contributed by atoms with E-state index < -0.39 is 0 Å². The molecule has 0 aliphatic rings. The Morgan fingerprint density at radius 1 is 1.09 bits per heavy atom. The molecule has 0 radical (unpaired) electrons. The van der Waals surface area contributed by atoms with Gasteiger partial charge in [0, 0.05) is 5.02 Å². The molecule has 0 spiro atoms. The van der Waals surface area contributed by atoms with Crippen molar-refractivity contribution in [2.45, 2.75) is 26.7 Å². The molecular weight excluding hydrogens is 333 g/mol. The Balaban J connectivity index is 2.22. The Morgan fingerprint density at radius 3 is 2.43 bits per heavy atom. The third kappa shape index (κ3) is 4.63. The van der Waals surface area contributed by atoms with Gasteiger partial charge in [0.2, 0.25) is 0 Å². The van der Waals surface area contributed by atoms with Gasteiger partial charge in [-0.1, -0.05) is 49.2 Å². The number of carbonyl (C=O) groups excluding carboxylic acids is 1. The second-order valence-corrected chi connectivity index (χ2v) is 6.02. The maximum Gasteiger partial charge on any atom is 0.314 e. The van der Waals surface area contributed by atoms with Gasteiger partial charge < -0.3 is 10.1 Å². The van der Waals surface area contributed by atoms with Crippen LogP contribution in [0.5, 0.6) is 5.75 Å². The number of anilines is 2. The summed E-state index contributed by atoms with van der Waals surface area (Å²) >= 11 is 12.1. The molecule has 2 aromatic rings. The molecule has 122 valence electrons. The van der Waals surface area contributed by atoms with Gasteiger partial charge in [-0.15, -0.1) is 0 Å². The third-order valence-electron chi connectivity index (χ3n) is 3.62. The number of benzene rings is 2. The smallest absolute Gasteiger partial charge is 0.314 e. The SMILES string of the molecule is CCC(CC)C(=O)Oc1ccccc1Nc1ccc(Cl)cc1Cl. The number of hydrogen-bond donors (Lipinski definition) is 1. The monoisotopic (exact) mass is 351 g/mol. The molecule has 23 heavy (non-hydrogen) atoms. The molecule has 0 aliphatic carbocycles. The average molecular weight is 352 g/mol. The molecular formula is C18H19Cl2NO2. The molecule has 1 N–H and O–H groups in total. The summed E-state index contributed by atoms with van der Waals surface area (Å²) in [6.07, 6.45) is 1.52. The second kappa shape index (κ2) is 8.23. The molecule has 0 atom stereocenters. The number of nitrogens with one attached hydrogen (secondary N) is 1. The van der Waals surface area contributed by atoms with Crippen LogP contribution in [-0.4, -0.2) is 5.97 Å². The Kier molecular flexibility index (Phi) is 6.31. The van der Waals surface area contributed by atoms with Crippen LogP contribution in [0.1, 0.15) is 26.7 Å². The summed E-state index contributed by atoms with van der Waals surface area (Å²) in [5, 5.41) is 4.24. The van der Waals surface area contributed by atoms with Crippen LogP contribution in [0, 0.1) is 5.92 Å². The molecule has 0 saturated heterocycles. The molecule has 0 aliphatic heterocycles. The predicted octanol–water partition coefficient (Wildman–Crippen LogP) is 6.08. The minimum Gasteiger partial charge on any atom is -0.424 e. The van der Waals surface area contributed by atoms with E-state index in [4.69, 9.17) is 27.9 Å². The molecule has 0 fully saturated rings. The van der Waals surface area contributed by atoms with Gasteiger partial charge in [-0.2, -0.15) is 0 Å². The summed E-state index contributed by atoms with van der Waals surface area (Å²) in [5.74, 6) is 0.170. The second-order valence-electron chi connectivity index (χ2n) is 5.18. The van der Waals surface area contributed by atoms with Crippen LogP contribution in [0.15, 0.2) is 42.5 Å². The van der Waals surface area contributed by atoms with Gasteiger partial charge in [-0.3, -0.25) is 4.79 Å². The zero-order valence-electron chi connectivity index (χ0n) is 13.1. The Bertz CT molecular complexity index is 684. The highest BCUT2D eigenvalue weighted by Gasteiger charge is 2.18. The van der Waals surface area contributed by atoms with Gasteiger partial charge in [0.15, 0.2) is 5.75 Å². The largest absolute Gasteiger partial charge is 0.424 e. The van der Waals surface area contributed by atoms with E-state index in [1.165, 1.54) is 0 Å². The quantitative estimate of drug-likeness (QED) is 0.506. The van der Waals surface area contributed by atoms with E-state index >= 15 is 0 Å². The first-order valence-corrected chi connectivity index (χ1v) is 8.33. The lowest BCUT2D eigenvalue weighted by Gasteiger charge is -2.16. The maximum atomic E-state index is 12.2. The lowest BCUT2D eigenvalue weighted by Crippen LogP contribution is -2.19. The van der Waals surface area contributed by atoms with Crippen LogP contribution in [0.25, 0.3) is 0 Å². The van der Waals surface area contributed by atoms with Crippen molar-refractivity contribution >= 4 is 40.5 Å². The fraction of sp³-hybridized carbons (Fsp3) is 0.278. The topological polar surface area (TPSA) is 38.3 Å². The van der Waals surface area contributed by atoms with Crippen molar-refractivity contribution in [2.24, 2.45) is 5.92 Å². The summed E-state index contributed by atoms with van der Waals surface area (Å²) in [6, 6.07) is 12.5. The van der Waals surface area contributed by atoms with Crippen molar-refractivity contribution in [2.75, 3.05) is 5.32 Å². The van der Waals surface area contributed by atoms with Gasteiger partial charge in [-0.05, 0) is 43.2 Å². The standard InChI is InChI=1S/C18H19Cl2NO2/c1-3-12(4-2)18(22)23-17-8-6-5-7-16(17)21-15-10-9-13(19)11-14(15)20/h5-12,21H,3-4H2,1-2H3. The first kappa shape index (κ1) is 17.6. The minimum atomic E-state index is -0.216. The van der Waals surface area contributed by atoms with E-state index in [0.29, 0.717) is 27.2 Å². The highest BCUT2D eigenvalue weighted by atomic mass is 35.5. The normalized spacial score (nSPS) is 10.7. The summed E-state index contributed by atoms with van der Waals surface area (Å²) in [5.41, 5.74) is 1.37. The van der Waals surface area contributed by atoms with E-state index in [9.17, 15) is 4.79 Å². The number of esters is 1. The van der Waals surface area contributed by atoms with Crippen LogP contribution in [0.4, 0.5) is 11.4 Å². The molecule has 0 bridgehead atoms. The van der Waals surface area contributed by atoms with Crippen molar-refractivity contribution in [3.05, 3.63) is 52.5 Å². The summed E-state index contributed by atoms with van der Waals surface area (Å²) in [7, 11) is 0. The van der Waals surface area contributed by atoms with Crippen LogP contribution < -0.4 is 10.1 Å². The number of rotatable bonds is 6. The Labute approximate surface area is 146 Å². The molecule has 2 rings (SSSR count). The van der Waals surface area contributed by atoms with Gasteiger partial charge >= 0.3 is 5.97 Å². The van der Waals surface area contributed by atoms with Crippen molar-refractivity contribution < 1.29 is 9.53 Å². The molecule has 2 aromatic carbocycles. The van der Waals surface area contributed by atoms with Crippen LogP contribution in [-0.2, 0) is 4.79 Å². The third-order valence-corrected chi connectivity index (χ3v) is 4.16. The lowest BCUT2D eigenvalue weighted by molar-refractivity contribution is -0.139. The van der Waals surface area contributed by atoms with Crippen LogP contribution in [0.2, 0.25) is 10.0 Å². The van der Waals surface area contributed by atoms with Gasteiger partial charge in [0.25, 0.3) is 0 Å². The van der Waals surface area contributed by atoms with E-state index in [0.717, 1.165) is 12.8 Å². The lowest BCUT2D eigenvalue weighted by atomic mass is 10.0. The average Bonchev–Trinajstić information content (AvgIpc) is 2.53. The van der Waals surface area contributed by atoms with Crippen molar-refractivity contribution in [3.8, 4) is 5.75 Å². The van der Waals surface area contributed by atoms with E-state index in [2.05, 4.69) is 5.32 Å². The molecule has 0 heterocycles. The predicted molar refractivity (Wildman–Crippen MR) is 95.9 cm³/mol. The van der Waals surface area contributed by atoms with Crippen molar-refractivity contribution in [1.82, 2.24) is 0 Å². The van der Waals surface area contributed by atoms with Crippen molar-refractivity contribution in [1.29, 1.82) is 0 Å². The van der Waals surface area contributed by atoms with Crippen LogP contribution >= 0.6 is 23.2 Å². The molecule has 0 saturated carbocycles. The van der Waals surface area contributed by atoms with Gasteiger partial charge in [0.1, 0.15) is 0 Å². The zero-order chi connectivity index (χ0) is 16.8. The number of carbonyl (C=O) groups is 1. The number of para-hydroxylation sites is 2. The number of ether oxygens (including phenoxy) is 1. The fourth-order valence-electron chi connectivity index (χ4n) is 2.21. The molecule has 0 aromatic heterocycles. The van der Waals surface area contributed by atoms with E-state index in [-0.39, 0.29) is 11.9 Å². The zero-order valence-corrected chi connectivity index (χ0v) is 14.6. The molecule has 5 heteroatoms. The van der Waals surface area contributed by atoms with Crippen molar-refractivity contribution in [3.63, 3.8) is 0 Å². The summed E-state index contributed by atoms with van der Waals surface area (Å²) < 4.78 is 5.55. The first-order valence-electron chi connectivity index (χ1n) is 7.58. The summed E-state index contributed by atoms with van der Waals surface area (Å²) in [6.45, 7) is 3.96. The van der Waals surface area contributed by atoms with E-state index in [1.807, 2.05) is 32.0 Å². The fourth-order valence-corrected chi connectivity index (χ4v) is 2.66. The molecule has 0 unspecified atom stereocenters. The minimum absolute atomic E-state index is 0.0952. The Hall–Kier alpha value is -1.71. The van der Waals surface area contributed by atoms with E-state index in [1.54, 1.807) is 24.3 Å². The number of halogens is 2. The molecule has 0 amide bonds. The highest BCUT2D eigenvalue weighted by molar-refractivity contribution is 6.36. The molecule has 3 nitrogen and oxygen atoms in total. The maximum absolute atomic E-state index is 12.2. The first-order chi connectivity index (χ1) is 11.0. The van der Waals surface area contributed by atoms with Crippen LogP contribution in [0.3, 0.4) is 0 Å².